The van der Waals surface area contributed by atoms with E-state index in [1.165, 1.54) is 0 Å². The maximum absolute atomic E-state index is 13.0. The number of esters is 1. The topological polar surface area (TPSA) is 49.9 Å². The van der Waals surface area contributed by atoms with Crippen molar-refractivity contribution in [1.29, 1.82) is 0 Å². The quantitative estimate of drug-likeness (QED) is 0.531. The summed E-state index contributed by atoms with van der Waals surface area (Å²) in [6, 6.07) is 14.1. The van der Waals surface area contributed by atoms with Crippen molar-refractivity contribution in [2.24, 2.45) is 0 Å². The van der Waals surface area contributed by atoms with Crippen molar-refractivity contribution in [3.8, 4) is 0 Å². The summed E-state index contributed by atoms with van der Waals surface area (Å²) < 4.78 is 5.00. The normalized spacial score (nSPS) is 21.2. The standard InChI is InChI=1S/C20H17ClN2O3S2/c1-2-26-19(25)13-5-9-15(10-6-13)22-17(24)16-11-28-18(23(16)20(22)27)12-3-7-14(21)8-4-12/h3-10,16,18H,2,11H2,1H3/t16-,18?/m0/s1. The second kappa shape index (κ2) is 7.73. The molecule has 144 valence electrons. The molecule has 2 fully saturated rings. The van der Waals surface area contributed by atoms with Crippen molar-refractivity contribution in [2.75, 3.05) is 17.3 Å². The van der Waals surface area contributed by atoms with Gasteiger partial charge >= 0.3 is 5.97 Å². The van der Waals surface area contributed by atoms with Crippen LogP contribution >= 0.6 is 35.6 Å². The number of carbonyl (C=O) groups excluding carboxylic acids is 2. The van der Waals surface area contributed by atoms with Crippen molar-refractivity contribution < 1.29 is 14.3 Å². The minimum absolute atomic E-state index is 0.0254. The third-order valence-corrected chi connectivity index (χ3v) is 6.68. The summed E-state index contributed by atoms with van der Waals surface area (Å²) >= 11 is 13.4. The minimum atomic E-state index is -0.385. The second-order valence-electron chi connectivity index (χ2n) is 6.38. The van der Waals surface area contributed by atoms with E-state index in [1.54, 1.807) is 47.9 Å². The molecule has 2 aromatic rings. The molecule has 28 heavy (non-hydrogen) atoms. The lowest BCUT2D eigenvalue weighted by atomic mass is 10.2. The fourth-order valence-corrected chi connectivity index (χ4v) is 5.42. The number of hydrogen-bond donors (Lipinski definition) is 0. The van der Waals surface area contributed by atoms with Crippen LogP contribution in [0, 0.1) is 0 Å². The maximum Gasteiger partial charge on any atom is 0.338 e. The third-order valence-electron chi connectivity index (χ3n) is 4.71. The molecular weight excluding hydrogens is 416 g/mol. The molecule has 0 aromatic heterocycles. The van der Waals surface area contributed by atoms with Crippen LogP contribution in [-0.4, -0.2) is 40.3 Å². The molecule has 0 aliphatic carbocycles. The van der Waals surface area contributed by atoms with Gasteiger partial charge in [-0.05, 0) is 61.1 Å². The zero-order valence-electron chi connectivity index (χ0n) is 15.0. The van der Waals surface area contributed by atoms with Gasteiger partial charge in [-0.2, -0.15) is 0 Å². The van der Waals surface area contributed by atoms with Gasteiger partial charge in [0.05, 0.1) is 17.9 Å². The Balaban J connectivity index is 1.59. The Labute approximate surface area is 177 Å². The van der Waals surface area contributed by atoms with Crippen molar-refractivity contribution in [2.45, 2.75) is 18.3 Å². The van der Waals surface area contributed by atoms with Crippen LogP contribution in [0.4, 0.5) is 5.69 Å². The largest absolute Gasteiger partial charge is 0.462 e. The molecule has 2 atom stereocenters. The van der Waals surface area contributed by atoms with Gasteiger partial charge in [-0.1, -0.05) is 23.7 Å². The summed E-state index contributed by atoms with van der Waals surface area (Å²) in [7, 11) is 0. The first-order valence-electron chi connectivity index (χ1n) is 8.81. The van der Waals surface area contributed by atoms with Crippen molar-refractivity contribution >= 4 is 58.3 Å². The Morgan fingerprint density at radius 3 is 2.54 bits per heavy atom. The Morgan fingerprint density at radius 1 is 1.21 bits per heavy atom. The molecule has 4 rings (SSSR count). The van der Waals surface area contributed by atoms with Gasteiger partial charge in [0, 0.05) is 10.8 Å². The zero-order valence-corrected chi connectivity index (χ0v) is 17.4. The second-order valence-corrected chi connectivity index (χ2v) is 8.30. The number of halogens is 1. The van der Waals surface area contributed by atoms with E-state index in [-0.39, 0.29) is 23.3 Å². The van der Waals surface area contributed by atoms with E-state index in [9.17, 15) is 9.59 Å². The number of benzene rings is 2. The summed E-state index contributed by atoms with van der Waals surface area (Å²) in [5.41, 5.74) is 2.15. The van der Waals surface area contributed by atoms with E-state index in [1.807, 2.05) is 29.2 Å². The number of fused-ring (bicyclic) bond motifs is 1. The highest BCUT2D eigenvalue weighted by atomic mass is 35.5. The molecule has 8 heteroatoms. The van der Waals surface area contributed by atoms with Gasteiger partial charge in [0.1, 0.15) is 11.4 Å². The zero-order chi connectivity index (χ0) is 19.8. The first-order valence-corrected chi connectivity index (χ1v) is 10.6. The molecule has 1 amide bonds. The van der Waals surface area contributed by atoms with Gasteiger partial charge < -0.3 is 9.64 Å². The highest BCUT2D eigenvalue weighted by molar-refractivity contribution is 7.99. The lowest BCUT2D eigenvalue weighted by molar-refractivity contribution is -0.119. The number of amides is 1. The van der Waals surface area contributed by atoms with E-state index < -0.39 is 0 Å². The number of thioether (sulfide) groups is 1. The predicted octanol–water partition coefficient (Wildman–Crippen LogP) is 4.26. The Morgan fingerprint density at radius 2 is 1.89 bits per heavy atom. The van der Waals surface area contributed by atoms with Gasteiger partial charge in [0.15, 0.2) is 5.11 Å². The van der Waals surface area contributed by atoms with Crippen molar-refractivity contribution in [3.63, 3.8) is 0 Å². The van der Waals surface area contributed by atoms with Gasteiger partial charge in [-0.25, -0.2) is 4.79 Å². The Kier molecular flexibility index (Phi) is 5.31. The summed E-state index contributed by atoms with van der Waals surface area (Å²) in [5, 5.41) is 1.12. The average Bonchev–Trinajstić information content (AvgIpc) is 3.23. The molecule has 2 heterocycles. The first-order chi connectivity index (χ1) is 13.5. The fourth-order valence-electron chi connectivity index (χ4n) is 3.37. The summed E-state index contributed by atoms with van der Waals surface area (Å²) in [4.78, 5) is 28.4. The molecule has 5 nitrogen and oxygen atoms in total. The van der Waals surface area contributed by atoms with E-state index >= 15 is 0 Å². The SMILES string of the molecule is CCOC(=O)c1ccc(N2C(=O)[C@@H]3CSC(c4ccc(Cl)cc4)N3C2=S)cc1. The van der Waals surface area contributed by atoms with Gasteiger partial charge in [0.25, 0.3) is 5.91 Å². The van der Waals surface area contributed by atoms with Gasteiger partial charge in [0.2, 0.25) is 0 Å². The molecule has 2 saturated heterocycles. The van der Waals surface area contributed by atoms with Crippen LogP contribution in [0.2, 0.25) is 5.02 Å². The first kappa shape index (κ1) is 19.2. The number of hydrogen-bond acceptors (Lipinski definition) is 5. The fraction of sp³-hybridized carbons (Fsp3) is 0.250. The van der Waals surface area contributed by atoms with Crippen LogP contribution in [-0.2, 0) is 9.53 Å². The summed E-state index contributed by atoms with van der Waals surface area (Å²) in [6.45, 7) is 2.07. The number of carbonyl (C=O) groups is 2. The van der Waals surface area contributed by atoms with Crippen LogP contribution in [0.1, 0.15) is 28.2 Å². The van der Waals surface area contributed by atoms with Gasteiger partial charge in [-0.3, -0.25) is 9.69 Å². The van der Waals surface area contributed by atoms with Crippen LogP contribution in [0.25, 0.3) is 0 Å². The molecule has 2 aliphatic rings. The summed E-state index contributed by atoms with van der Waals surface area (Å²) in [5.74, 6) is 0.242. The van der Waals surface area contributed by atoms with Crippen LogP contribution in [0.15, 0.2) is 48.5 Å². The lowest BCUT2D eigenvalue weighted by Gasteiger charge is -2.25. The maximum atomic E-state index is 13.0. The molecule has 2 aliphatic heterocycles. The van der Waals surface area contributed by atoms with E-state index in [2.05, 4.69) is 0 Å². The molecule has 0 saturated carbocycles. The summed E-state index contributed by atoms with van der Waals surface area (Å²) in [6.07, 6.45) is 0. The molecular formula is C20H17ClN2O3S2. The molecule has 1 unspecified atom stereocenters. The molecule has 0 radical (unpaired) electrons. The number of anilines is 1. The average molecular weight is 433 g/mol. The third kappa shape index (κ3) is 3.27. The van der Waals surface area contributed by atoms with Crippen LogP contribution in [0.5, 0.6) is 0 Å². The van der Waals surface area contributed by atoms with E-state index in [4.69, 9.17) is 28.6 Å². The smallest absolute Gasteiger partial charge is 0.338 e. The van der Waals surface area contributed by atoms with E-state index in [0.29, 0.717) is 33.7 Å². The highest BCUT2D eigenvalue weighted by Crippen LogP contribution is 2.46. The molecule has 0 N–H and O–H groups in total. The Bertz CT molecular complexity index is 933. The lowest BCUT2D eigenvalue weighted by Crippen LogP contribution is -2.33. The van der Waals surface area contributed by atoms with Gasteiger partial charge in [-0.15, -0.1) is 11.8 Å². The minimum Gasteiger partial charge on any atom is -0.462 e. The van der Waals surface area contributed by atoms with Crippen LogP contribution < -0.4 is 4.90 Å². The molecule has 2 aromatic carbocycles. The predicted molar refractivity (Wildman–Crippen MR) is 115 cm³/mol. The van der Waals surface area contributed by atoms with Crippen molar-refractivity contribution in [3.05, 3.63) is 64.7 Å². The molecule has 0 bridgehead atoms. The molecule has 0 spiro atoms. The number of rotatable bonds is 4. The van der Waals surface area contributed by atoms with E-state index in [0.717, 1.165) is 5.56 Å². The number of nitrogens with zero attached hydrogens (tertiary/aromatic N) is 2. The number of thiocarbonyl (C=S) groups is 1. The van der Waals surface area contributed by atoms with Crippen molar-refractivity contribution in [1.82, 2.24) is 4.90 Å². The number of ether oxygens (including phenoxy) is 1. The highest BCUT2D eigenvalue weighted by Gasteiger charge is 2.50. The monoisotopic (exact) mass is 432 g/mol. The van der Waals surface area contributed by atoms with Crippen LogP contribution in [0.3, 0.4) is 0 Å². The Hall–Kier alpha value is -2.09.